The lowest BCUT2D eigenvalue weighted by Gasteiger charge is -2.05. The Morgan fingerprint density at radius 1 is 1.47 bits per heavy atom. The van der Waals surface area contributed by atoms with Crippen LogP contribution in [0.1, 0.15) is 10.4 Å². The van der Waals surface area contributed by atoms with Crippen LogP contribution < -0.4 is 5.32 Å². The van der Waals surface area contributed by atoms with Gasteiger partial charge in [-0.1, -0.05) is 11.6 Å². The molecule has 1 unspecified atom stereocenters. The molecule has 1 rings (SSSR count). The molecule has 1 aromatic rings. The second kappa shape index (κ2) is 6.87. The molecular formula is C11H9ClN2O4S. The Morgan fingerprint density at radius 3 is 2.74 bits per heavy atom. The van der Waals surface area contributed by atoms with Crippen molar-refractivity contribution in [3.63, 3.8) is 0 Å². The Kier molecular flexibility index (Phi) is 5.48. The summed E-state index contributed by atoms with van der Waals surface area (Å²) in [5.74, 6) is -2.13. The van der Waals surface area contributed by atoms with Gasteiger partial charge in [0.2, 0.25) is 5.91 Å². The lowest BCUT2D eigenvalue weighted by molar-refractivity contribution is -0.118. The average molecular weight is 301 g/mol. The van der Waals surface area contributed by atoms with Gasteiger partial charge in [-0.2, -0.15) is 5.26 Å². The summed E-state index contributed by atoms with van der Waals surface area (Å²) in [6, 6.07) is 5.58. The van der Waals surface area contributed by atoms with Crippen LogP contribution in [0.25, 0.3) is 0 Å². The summed E-state index contributed by atoms with van der Waals surface area (Å²) in [5.41, 5.74) is -0.176. The minimum atomic E-state index is -1.70. The van der Waals surface area contributed by atoms with Gasteiger partial charge in [-0.15, -0.1) is 0 Å². The largest absolute Gasteiger partial charge is 0.478 e. The van der Waals surface area contributed by atoms with Crippen molar-refractivity contribution < 1.29 is 18.9 Å². The number of rotatable bonds is 5. The number of hydrogen-bond donors (Lipinski definition) is 2. The van der Waals surface area contributed by atoms with E-state index in [9.17, 15) is 13.8 Å². The van der Waals surface area contributed by atoms with Crippen LogP contribution >= 0.6 is 11.6 Å². The van der Waals surface area contributed by atoms with Crippen molar-refractivity contribution >= 4 is 34.3 Å². The molecule has 8 heteroatoms. The topological polar surface area (TPSA) is 107 Å². The number of halogens is 1. The van der Waals surface area contributed by atoms with Gasteiger partial charge in [0.1, 0.15) is 12.3 Å². The summed E-state index contributed by atoms with van der Waals surface area (Å²) in [4.78, 5) is 22.3. The Bertz CT molecular complexity index is 583. The molecule has 0 saturated heterocycles. The summed E-state index contributed by atoms with van der Waals surface area (Å²) in [6.45, 7) is -0.170. The monoisotopic (exact) mass is 300 g/mol. The molecule has 1 amide bonds. The van der Waals surface area contributed by atoms with Crippen LogP contribution in [-0.2, 0) is 15.6 Å². The molecule has 19 heavy (non-hydrogen) atoms. The predicted molar refractivity (Wildman–Crippen MR) is 68.3 cm³/mol. The maximum atomic E-state index is 11.8. The van der Waals surface area contributed by atoms with Crippen LogP contribution in [0.5, 0.6) is 0 Å². The van der Waals surface area contributed by atoms with Gasteiger partial charge in [0.05, 0.1) is 27.5 Å². The molecule has 0 aliphatic rings. The zero-order valence-electron chi connectivity index (χ0n) is 9.55. The third-order valence-corrected chi connectivity index (χ3v) is 3.69. The Labute approximate surface area is 116 Å². The highest BCUT2D eigenvalue weighted by atomic mass is 35.5. The fourth-order valence-corrected chi connectivity index (χ4v) is 2.38. The number of carboxylic acids is 1. The molecule has 1 aromatic carbocycles. The van der Waals surface area contributed by atoms with Gasteiger partial charge < -0.3 is 10.4 Å². The summed E-state index contributed by atoms with van der Waals surface area (Å²) >= 11 is 5.68. The molecule has 0 radical (unpaired) electrons. The molecule has 6 nitrogen and oxygen atoms in total. The van der Waals surface area contributed by atoms with Crippen LogP contribution in [0.4, 0.5) is 0 Å². The number of hydrogen-bond acceptors (Lipinski definition) is 4. The lowest BCUT2D eigenvalue weighted by atomic mass is 10.2. The molecule has 0 aromatic heterocycles. The van der Waals surface area contributed by atoms with Crippen molar-refractivity contribution in [2.45, 2.75) is 4.90 Å². The number of benzene rings is 1. The van der Waals surface area contributed by atoms with E-state index < -0.39 is 22.7 Å². The van der Waals surface area contributed by atoms with Crippen LogP contribution in [0.3, 0.4) is 0 Å². The van der Waals surface area contributed by atoms with Gasteiger partial charge in [0, 0.05) is 4.90 Å². The van der Waals surface area contributed by atoms with E-state index in [1.54, 1.807) is 6.07 Å². The molecule has 2 N–H and O–H groups in total. The summed E-state index contributed by atoms with van der Waals surface area (Å²) in [5, 5.41) is 19.4. The van der Waals surface area contributed by atoms with Gasteiger partial charge in [-0.25, -0.2) is 4.79 Å². The van der Waals surface area contributed by atoms with E-state index in [0.717, 1.165) is 0 Å². The number of carboxylic acid groups (broad SMARTS) is 1. The summed E-state index contributed by atoms with van der Waals surface area (Å²) < 4.78 is 11.8. The van der Waals surface area contributed by atoms with E-state index in [1.165, 1.54) is 18.2 Å². The lowest BCUT2D eigenvalue weighted by Crippen LogP contribution is -2.28. The van der Waals surface area contributed by atoms with Crippen LogP contribution in [-0.4, -0.2) is 33.5 Å². The highest BCUT2D eigenvalue weighted by Gasteiger charge is 2.14. The second-order valence-corrected chi connectivity index (χ2v) is 5.23. The van der Waals surface area contributed by atoms with E-state index in [0.29, 0.717) is 0 Å². The van der Waals surface area contributed by atoms with Crippen molar-refractivity contribution in [3.05, 3.63) is 28.8 Å². The molecule has 0 aliphatic carbocycles. The first-order chi connectivity index (χ1) is 8.95. The number of nitrogens with one attached hydrogen (secondary N) is 1. The predicted octanol–water partition coefficient (Wildman–Crippen LogP) is 0.786. The van der Waals surface area contributed by atoms with Crippen LogP contribution in [0.2, 0.25) is 5.02 Å². The quantitative estimate of drug-likeness (QED) is 0.782. The van der Waals surface area contributed by atoms with E-state index >= 15 is 0 Å². The van der Waals surface area contributed by atoms with Crippen molar-refractivity contribution in [1.82, 2.24) is 5.32 Å². The standard InChI is InChI=1S/C11H9ClN2O4S/c12-9-2-1-7(5-8(9)11(16)17)19(18)6-10(15)14-4-3-13/h1-2,5H,4,6H2,(H,14,15)(H,16,17). The number of amides is 1. The highest BCUT2D eigenvalue weighted by molar-refractivity contribution is 7.85. The number of aromatic carboxylic acids is 1. The number of nitrogens with zero attached hydrogens (tertiary/aromatic N) is 1. The fourth-order valence-electron chi connectivity index (χ4n) is 1.20. The first kappa shape index (κ1) is 15.1. The number of carbonyl (C=O) groups is 2. The van der Waals surface area contributed by atoms with E-state index in [4.69, 9.17) is 22.0 Å². The molecular weight excluding hydrogens is 292 g/mol. The molecule has 0 spiro atoms. The molecule has 0 fully saturated rings. The van der Waals surface area contributed by atoms with E-state index in [1.807, 2.05) is 0 Å². The maximum Gasteiger partial charge on any atom is 0.337 e. The molecule has 0 aliphatic heterocycles. The smallest absolute Gasteiger partial charge is 0.337 e. The zero-order valence-corrected chi connectivity index (χ0v) is 11.1. The maximum absolute atomic E-state index is 11.8. The van der Waals surface area contributed by atoms with Gasteiger partial charge in [0.25, 0.3) is 0 Å². The highest BCUT2D eigenvalue weighted by Crippen LogP contribution is 2.19. The normalized spacial score (nSPS) is 11.4. The SMILES string of the molecule is N#CCNC(=O)CS(=O)c1ccc(Cl)c(C(=O)O)c1. The van der Waals surface area contributed by atoms with Crippen molar-refractivity contribution in [3.8, 4) is 6.07 Å². The Morgan fingerprint density at radius 2 is 2.16 bits per heavy atom. The average Bonchev–Trinajstić information content (AvgIpc) is 2.36. The summed E-state index contributed by atoms with van der Waals surface area (Å²) in [7, 11) is -1.70. The van der Waals surface area contributed by atoms with E-state index in [-0.39, 0.29) is 27.8 Å². The molecule has 0 bridgehead atoms. The molecule has 1 atom stereocenters. The second-order valence-electron chi connectivity index (χ2n) is 3.37. The van der Waals surface area contributed by atoms with E-state index in [2.05, 4.69) is 5.32 Å². The number of nitriles is 1. The van der Waals surface area contributed by atoms with Crippen LogP contribution in [0, 0.1) is 11.3 Å². The minimum absolute atomic E-state index is 0.0298. The fraction of sp³-hybridized carbons (Fsp3) is 0.182. The Balaban J connectivity index is 2.84. The number of carbonyl (C=O) groups excluding carboxylic acids is 1. The Hall–Kier alpha value is -1.91. The van der Waals surface area contributed by atoms with Crippen molar-refractivity contribution in [2.24, 2.45) is 0 Å². The zero-order chi connectivity index (χ0) is 14.4. The first-order valence-corrected chi connectivity index (χ1v) is 6.70. The first-order valence-electron chi connectivity index (χ1n) is 5.00. The van der Waals surface area contributed by atoms with Crippen LogP contribution in [0.15, 0.2) is 23.1 Å². The minimum Gasteiger partial charge on any atom is -0.478 e. The van der Waals surface area contributed by atoms with Gasteiger partial charge in [-0.05, 0) is 18.2 Å². The van der Waals surface area contributed by atoms with Gasteiger partial charge in [-0.3, -0.25) is 9.00 Å². The van der Waals surface area contributed by atoms with Gasteiger partial charge in [0.15, 0.2) is 0 Å². The van der Waals surface area contributed by atoms with Crippen molar-refractivity contribution in [2.75, 3.05) is 12.3 Å². The van der Waals surface area contributed by atoms with Crippen molar-refractivity contribution in [1.29, 1.82) is 5.26 Å². The molecule has 0 saturated carbocycles. The molecule has 0 heterocycles. The molecule has 100 valence electrons. The third kappa shape index (κ3) is 4.35. The third-order valence-electron chi connectivity index (χ3n) is 2.06. The summed E-state index contributed by atoms with van der Waals surface area (Å²) in [6.07, 6.45) is 0. The van der Waals surface area contributed by atoms with Gasteiger partial charge >= 0.3 is 5.97 Å².